The van der Waals surface area contributed by atoms with Crippen LogP contribution in [0.2, 0.25) is 0 Å². The van der Waals surface area contributed by atoms with Crippen LogP contribution in [0, 0.1) is 17.3 Å². The van der Waals surface area contributed by atoms with Crippen molar-refractivity contribution in [2.75, 3.05) is 6.54 Å². The molecular formula is C16H31N. The molecule has 100 valence electrons. The van der Waals surface area contributed by atoms with Crippen LogP contribution in [0.4, 0.5) is 0 Å². The lowest BCUT2D eigenvalue weighted by Gasteiger charge is -2.36. The summed E-state index contributed by atoms with van der Waals surface area (Å²) in [6.45, 7) is 8.56. The lowest BCUT2D eigenvalue weighted by Crippen LogP contribution is -2.38. The first kappa shape index (κ1) is 13.4. The Hall–Kier alpha value is -0.0400. The average molecular weight is 237 g/mol. The lowest BCUT2D eigenvalue weighted by molar-refractivity contribution is 0.193. The van der Waals surface area contributed by atoms with Crippen LogP contribution in [0.3, 0.4) is 0 Å². The van der Waals surface area contributed by atoms with Crippen LogP contribution in [-0.4, -0.2) is 12.6 Å². The van der Waals surface area contributed by atoms with E-state index in [1.54, 1.807) is 0 Å². The van der Waals surface area contributed by atoms with Gasteiger partial charge >= 0.3 is 0 Å². The highest BCUT2D eigenvalue weighted by Crippen LogP contribution is 2.35. The smallest absolute Gasteiger partial charge is 0.00675 e. The summed E-state index contributed by atoms with van der Waals surface area (Å²) in [7, 11) is 0. The number of hydrogen-bond donors (Lipinski definition) is 1. The third-order valence-corrected chi connectivity index (χ3v) is 5.08. The zero-order chi connectivity index (χ0) is 12.3. The van der Waals surface area contributed by atoms with Crippen LogP contribution < -0.4 is 5.32 Å². The van der Waals surface area contributed by atoms with E-state index >= 15 is 0 Å². The van der Waals surface area contributed by atoms with Crippen LogP contribution in [0.15, 0.2) is 0 Å². The van der Waals surface area contributed by atoms with Crippen molar-refractivity contribution in [1.82, 2.24) is 5.32 Å². The van der Waals surface area contributed by atoms with E-state index in [1.165, 1.54) is 57.9 Å². The van der Waals surface area contributed by atoms with E-state index in [0.717, 1.165) is 17.9 Å². The van der Waals surface area contributed by atoms with Gasteiger partial charge in [-0.3, -0.25) is 0 Å². The molecule has 0 saturated heterocycles. The van der Waals surface area contributed by atoms with Gasteiger partial charge in [-0.25, -0.2) is 0 Å². The Kier molecular flexibility index (Phi) is 4.52. The van der Waals surface area contributed by atoms with Gasteiger partial charge < -0.3 is 5.32 Å². The van der Waals surface area contributed by atoms with Crippen LogP contribution in [0.25, 0.3) is 0 Å². The molecular weight excluding hydrogens is 206 g/mol. The third kappa shape index (κ3) is 4.28. The molecule has 0 spiro atoms. The third-order valence-electron chi connectivity index (χ3n) is 5.08. The average Bonchev–Trinajstić information content (AvgIpc) is 2.28. The molecule has 0 radical (unpaired) electrons. The fourth-order valence-electron chi connectivity index (χ4n) is 3.68. The second-order valence-corrected chi connectivity index (χ2v) is 7.48. The Labute approximate surface area is 108 Å². The van der Waals surface area contributed by atoms with Crippen LogP contribution in [-0.2, 0) is 0 Å². The molecule has 0 amide bonds. The molecule has 2 aliphatic rings. The summed E-state index contributed by atoms with van der Waals surface area (Å²) >= 11 is 0. The molecule has 2 fully saturated rings. The molecule has 2 saturated carbocycles. The predicted molar refractivity (Wildman–Crippen MR) is 75.2 cm³/mol. The molecule has 0 aromatic rings. The van der Waals surface area contributed by atoms with Crippen molar-refractivity contribution in [2.45, 2.75) is 78.2 Å². The van der Waals surface area contributed by atoms with E-state index in [9.17, 15) is 0 Å². The van der Waals surface area contributed by atoms with E-state index < -0.39 is 0 Å². The maximum atomic E-state index is 3.85. The lowest BCUT2D eigenvalue weighted by atomic mass is 9.75. The first-order valence-corrected chi connectivity index (χ1v) is 7.78. The maximum absolute atomic E-state index is 3.85. The first-order chi connectivity index (χ1) is 8.05. The molecule has 1 nitrogen and oxygen atoms in total. The van der Waals surface area contributed by atoms with Crippen molar-refractivity contribution in [3.63, 3.8) is 0 Å². The largest absolute Gasteiger partial charge is 0.314 e. The normalized spacial score (nSPS) is 34.8. The minimum atomic E-state index is 0.609. The van der Waals surface area contributed by atoms with Gasteiger partial charge in [0.2, 0.25) is 0 Å². The van der Waals surface area contributed by atoms with Crippen LogP contribution in [0.5, 0.6) is 0 Å². The van der Waals surface area contributed by atoms with Gasteiger partial charge in [0.15, 0.2) is 0 Å². The summed E-state index contributed by atoms with van der Waals surface area (Å²) in [5.41, 5.74) is 0.609. The Morgan fingerprint density at radius 2 is 1.76 bits per heavy atom. The van der Waals surface area contributed by atoms with Crippen molar-refractivity contribution < 1.29 is 0 Å². The van der Waals surface area contributed by atoms with E-state index in [2.05, 4.69) is 26.1 Å². The van der Waals surface area contributed by atoms with Gasteiger partial charge in [-0.05, 0) is 62.3 Å². The molecule has 2 unspecified atom stereocenters. The summed E-state index contributed by atoms with van der Waals surface area (Å²) in [5, 5.41) is 3.85. The van der Waals surface area contributed by atoms with Crippen molar-refractivity contribution in [3.05, 3.63) is 0 Å². The van der Waals surface area contributed by atoms with E-state index in [1.807, 2.05) is 0 Å². The van der Waals surface area contributed by atoms with Crippen molar-refractivity contribution in [2.24, 2.45) is 17.3 Å². The molecule has 1 heteroatoms. The Balaban J connectivity index is 1.65. The van der Waals surface area contributed by atoms with Crippen molar-refractivity contribution in [3.8, 4) is 0 Å². The standard InChI is InChI=1S/C16H31N/c1-13-5-4-6-14(11-13)12-17-15-7-9-16(2,3)10-8-15/h13-15,17H,4-12H2,1-3H3. The molecule has 2 atom stereocenters. The molecule has 2 aliphatic carbocycles. The molecule has 0 bridgehead atoms. The predicted octanol–water partition coefficient (Wildman–Crippen LogP) is 4.37. The van der Waals surface area contributed by atoms with Gasteiger partial charge in [0.05, 0.1) is 0 Å². The Morgan fingerprint density at radius 3 is 2.41 bits per heavy atom. The Morgan fingerprint density at radius 1 is 1.06 bits per heavy atom. The Bertz CT molecular complexity index is 224. The van der Waals surface area contributed by atoms with Gasteiger partial charge in [-0.2, -0.15) is 0 Å². The minimum absolute atomic E-state index is 0.609. The quantitative estimate of drug-likeness (QED) is 0.768. The van der Waals surface area contributed by atoms with E-state index in [4.69, 9.17) is 0 Å². The van der Waals surface area contributed by atoms with Gasteiger partial charge in [-0.15, -0.1) is 0 Å². The van der Waals surface area contributed by atoms with Crippen molar-refractivity contribution in [1.29, 1.82) is 0 Å². The van der Waals surface area contributed by atoms with Crippen LogP contribution in [0.1, 0.15) is 72.1 Å². The summed E-state index contributed by atoms with van der Waals surface area (Å²) in [4.78, 5) is 0. The highest BCUT2D eigenvalue weighted by atomic mass is 14.9. The molecule has 0 aromatic heterocycles. The minimum Gasteiger partial charge on any atom is -0.314 e. The van der Waals surface area contributed by atoms with Crippen LogP contribution >= 0.6 is 0 Å². The van der Waals surface area contributed by atoms with E-state index in [0.29, 0.717) is 5.41 Å². The maximum Gasteiger partial charge on any atom is 0.00675 e. The first-order valence-electron chi connectivity index (χ1n) is 7.78. The zero-order valence-corrected chi connectivity index (χ0v) is 12.1. The molecule has 0 aliphatic heterocycles. The van der Waals surface area contributed by atoms with Gasteiger partial charge in [0, 0.05) is 6.04 Å². The highest BCUT2D eigenvalue weighted by molar-refractivity contribution is 4.83. The molecule has 17 heavy (non-hydrogen) atoms. The molecule has 0 heterocycles. The number of rotatable bonds is 3. The SMILES string of the molecule is CC1CCCC(CNC2CCC(C)(C)CC2)C1. The molecule has 0 aromatic carbocycles. The summed E-state index contributed by atoms with van der Waals surface area (Å²) in [6.07, 6.45) is 11.5. The van der Waals surface area contributed by atoms with Gasteiger partial charge in [-0.1, -0.05) is 33.6 Å². The monoisotopic (exact) mass is 237 g/mol. The summed E-state index contributed by atoms with van der Waals surface area (Å²) in [6, 6.07) is 0.820. The topological polar surface area (TPSA) is 12.0 Å². The number of nitrogens with one attached hydrogen (secondary N) is 1. The second-order valence-electron chi connectivity index (χ2n) is 7.48. The molecule has 1 N–H and O–H groups in total. The fourth-order valence-corrected chi connectivity index (χ4v) is 3.68. The summed E-state index contributed by atoms with van der Waals surface area (Å²) < 4.78 is 0. The molecule has 2 rings (SSSR count). The van der Waals surface area contributed by atoms with Gasteiger partial charge in [0.25, 0.3) is 0 Å². The second kappa shape index (κ2) is 5.73. The highest BCUT2D eigenvalue weighted by Gasteiger charge is 2.27. The number of hydrogen-bond acceptors (Lipinski definition) is 1. The van der Waals surface area contributed by atoms with E-state index in [-0.39, 0.29) is 0 Å². The fraction of sp³-hybridized carbons (Fsp3) is 1.00. The summed E-state index contributed by atoms with van der Waals surface area (Å²) in [5.74, 6) is 1.94. The zero-order valence-electron chi connectivity index (χ0n) is 12.1. The van der Waals surface area contributed by atoms with Crippen molar-refractivity contribution >= 4 is 0 Å². The van der Waals surface area contributed by atoms with Gasteiger partial charge in [0.1, 0.15) is 0 Å².